The van der Waals surface area contributed by atoms with Crippen LogP contribution in [-0.2, 0) is 11.8 Å². The van der Waals surface area contributed by atoms with Gasteiger partial charge in [-0.15, -0.1) is 0 Å². The van der Waals surface area contributed by atoms with Gasteiger partial charge in [0.15, 0.2) is 5.16 Å². The molecule has 4 aromatic rings. The molecule has 0 saturated carbocycles. The summed E-state index contributed by atoms with van der Waals surface area (Å²) in [5, 5.41) is 3.25. The van der Waals surface area contributed by atoms with E-state index in [1.54, 1.807) is 24.3 Å². The van der Waals surface area contributed by atoms with Crippen molar-refractivity contribution in [3.05, 3.63) is 90.6 Å². The molecular formula is C26H24N4O2S. The number of hydrogen-bond acceptors (Lipinski definition) is 4. The average molecular weight is 457 g/mol. The summed E-state index contributed by atoms with van der Waals surface area (Å²) in [6.45, 7) is 1.83. The van der Waals surface area contributed by atoms with E-state index in [1.165, 1.54) is 17.3 Å². The first-order valence-electron chi connectivity index (χ1n) is 10.5. The normalized spacial score (nSPS) is 11.7. The molecule has 0 aliphatic heterocycles. The number of benzene rings is 3. The molecule has 166 valence electrons. The van der Waals surface area contributed by atoms with Crippen LogP contribution in [0.15, 0.2) is 90.2 Å². The van der Waals surface area contributed by atoms with Crippen molar-refractivity contribution >= 4 is 29.3 Å². The monoisotopic (exact) mass is 456 g/mol. The summed E-state index contributed by atoms with van der Waals surface area (Å²) in [5.41, 5.74) is 10.6. The lowest BCUT2D eigenvalue weighted by Crippen LogP contribution is -2.23. The Kier molecular flexibility index (Phi) is 6.60. The van der Waals surface area contributed by atoms with Crippen molar-refractivity contribution in [3.8, 4) is 22.4 Å². The number of hydrogen-bond donors (Lipinski definition) is 2. The third-order valence-electron chi connectivity index (χ3n) is 5.32. The summed E-state index contributed by atoms with van der Waals surface area (Å²) in [5.74, 6) is -0.652. The Labute approximate surface area is 196 Å². The van der Waals surface area contributed by atoms with E-state index in [0.29, 0.717) is 11.3 Å². The van der Waals surface area contributed by atoms with Crippen molar-refractivity contribution in [2.45, 2.75) is 17.3 Å². The van der Waals surface area contributed by atoms with Crippen molar-refractivity contribution in [2.24, 2.45) is 12.8 Å². The number of imidazole rings is 1. The summed E-state index contributed by atoms with van der Waals surface area (Å²) in [7, 11) is 1.95. The van der Waals surface area contributed by atoms with Gasteiger partial charge in [0.1, 0.15) is 0 Å². The van der Waals surface area contributed by atoms with Gasteiger partial charge in [0.25, 0.3) is 0 Å². The molecule has 4 rings (SSSR count). The highest BCUT2D eigenvalue weighted by Crippen LogP contribution is 2.29. The van der Waals surface area contributed by atoms with E-state index < -0.39 is 5.91 Å². The number of nitrogens with two attached hydrogens (primary N) is 1. The maximum atomic E-state index is 12.6. The highest BCUT2D eigenvalue weighted by atomic mass is 32.2. The summed E-state index contributed by atoms with van der Waals surface area (Å²) >= 11 is 1.39. The molecule has 0 aliphatic carbocycles. The molecule has 1 atom stereocenters. The van der Waals surface area contributed by atoms with Crippen LogP contribution < -0.4 is 11.1 Å². The maximum absolute atomic E-state index is 12.6. The van der Waals surface area contributed by atoms with E-state index in [1.807, 2.05) is 42.9 Å². The summed E-state index contributed by atoms with van der Waals surface area (Å²) < 4.78 is 1.99. The number of nitrogens with one attached hydrogen (secondary N) is 1. The van der Waals surface area contributed by atoms with E-state index in [9.17, 15) is 9.59 Å². The molecule has 6 nitrogen and oxygen atoms in total. The number of anilines is 1. The molecule has 0 unspecified atom stereocenters. The molecule has 7 heteroatoms. The topological polar surface area (TPSA) is 90.0 Å². The lowest BCUT2D eigenvalue weighted by molar-refractivity contribution is -0.115. The van der Waals surface area contributed by atoms with Crippen molar-refractivity contribution < 1.29 is 9.59 Å². The van der Waals surface area contributed by atoms with Crippen LogP contribution in [0.25, 0.3) is 22.4 Å². The predicted octanol–water partition coefficient (Wildman–Crippen LogP) is 4.97. The van der Waals surface area contributed by atoms with Crippen molar-refractivity contribution in [3.63, 3.8) is 0 Å². The molecule has 0 saturated heterocycles. The van der Waals surface area contributed by atoms with Gasteiger partial charge in [-0.25, -0.2) is 4.98 Å². The molecule has 1 heterocycles. The zero-order valence-electron chi connectivity index (χ0n) is 18.4. The second-order valence-electron chi connectivity index (χ2n) is 7.62. The van der Waals surface area contributed by atoms with Crippen LogP contribution in [0.5, 0.6) is 0 Å². The first kappa shape index (κ1) is 22.4. The largest absolute Gasteiger partial charge is 0.366 e. The van der Waals surface area contributed by atoms with Crippen molar-refractivity contribution in [1.29, 1.82) is 0 Å². The van der Waals surface area contributed by atoms with Crippen LogP contribution >= 0.6 is 11.8 Å². The van der Waals surface area contributed by atoms with Gasteiger partial charge in [-0.1, -0.05) is 66.4 Å². The van der Waals surface area contributed by atoms with Gasteiger partial charge in [-0.05, 0) is 47.9 Å². The molecule has 2 amide bonds. The Morgan fingerprint density at radius 2 is 1.52 bits per heavy atom. The van der Waals surface area contributed by atoms with E-state index in [2.05, 4.69) is 46.7 Å². The van der Waals surface area contributed by atoms with Crippen LogP contribution in [0.1, 0.15) is 17.3 Å². The molecule has 33 heavy (non-hydrogen) atoms. The molecule has 1 aromatic heterocycles. The highest BCUT2D eigenvalue weighted by Gasteiger charge is 2.19. The zero-order valence-corrected chi connectivity index (χ0v) is 19.2. The maximum Gasteiger partial charge on any atom is 0.248 e. The Hall–Kier alpha value is -3.84. The molecule has 0 spiro atoms. The van der Waals surface area contributed by atoms with E-state index in [-0.39, 0.29) is 11.2 Å². The van der Waals surface area contributed by atoms with Gasteiger partial charge < -0.3 is 15.6 Å². The minimum atomic E-state index is -0.503. The number of rotatable bonds is 7. The lowest BCUT2D eigenvalue weighted by Gasteiger charge is -2.13. The van der Waals surface area contributed by atoms with Crippen molar-refractivity contribution in [2.75, 3.05) is 5.32 Å². The van der Waals surface area contributed by atoms with Gasteiger partial charge in [-0.2, -0.15) is 0 Å². The summed E-state index contributed by atoms with van der Waals surface area (Å²) in [6, 6.07) is 25.1. The van der Waals surface area contributed by atoms with E-state index in [0.717, 1.165) is 22.0 Å². The van der Waals surface area contributed by atoms with E-state index in [4.69, 9.17) is 5.73 Å². The number of primary amides is 1. The highest BCUT2D eigenvalue weighted by molar-refractivity contribution is 8.00. The predicted molar refractivity (Wildman–Crippen MR) is 133 cm³/mol. The van der Waals surface area contributed by atoms with Gasteiger partial charge in [0, 0.05) is 18.3 Å². The lowest BCUT2D eigenvalue weighted by atomic mass is 10.0. The van der Waals surface area contributed by atoms with Crippen LogP contribution in [0.3, 0.4) is 0 Å². The molecule has 0 fully saturated rings. The first-order valence-corrected chi connectivity index (χ1v) is 11.4. The Morgan fingerprint density at radius 3 is 2.15 bits per heavy atom. The molecule has 0 bridgehead atoms. The minimum Gasteiger partial charge on any atom is -0.366 e. The Morgan fingerprint density at radius 1 is 0.909 bits per heavy atom. The van der Waals surface area contributed by atoms with Gasteiger partial charge in [0.2, 0.25) is 11.8 Å². The number of amides is 2. The standard InChI is InChI=1S/C26H24N4O2S/c1-17(25(32)29-22-14-12-21(13-15-22)24(27)31)33-26-28-16-23(30(26)2)20-10-8-19(9-11-20)18-6-4-3-5-7-18/h3-17H,1-2H3,(H2,27,31)(H,29,32)/t17-/m0/s1. The van der Waals surface area contributed by atoms with Crippen LogP contribution in [0.2, 0.25) is 0 Å². The van der Waals surface area contributed by atoms with Gasteiger partial charge >= 0.3 is 0 Å². The minimum absolute atomic E-state index is 0.149. The number of nitrogens with zero attached hydrogens (tertiary/aromatic N) is 2. The Balaban J connectivity index is 1.43. The fraction of sp³-hybridized carbons (Fsp3) is 0.115. The smallest absolute Gasteiger partial charge is 0.248 e. The molecule has 0 aliphatic rings. The third-order valence-corrected chi connectivity index (χ3v) is 6.48. The first-order chi connectivity index (χ1) is 15.9. The van der Waals surface area contributed by atoms with Gasteiger partial charge in [0.05, 0.1) is 17.1 Å². The van der Waals surface area contributed by atoms with Crippen molar-refractivity contribution in [1.82, 2.24) is 9.55 Å². The van der Waals surface area contributed by atoms with Crippen LogP contribution in [0.4, 0.5) is 5.69 Å². The molecular weight excluding hydrogens is 432 g/mol. The molecule has 3 aromatic carbocycles. The van der Waals surface area contributed by atoms with Gasteiger partial charge in [-0.3, -0.25) is 9.59 Å². The Bertz CT molecular complexity index is 1270. The number of aromatic nitrogens is 2. The van der Waals surface area contributed by atoms with E-state index >= 15 is 0 Å². The second kappa shape index (κ2) is 9.75. The molecule has 3 N–H and O–H groups in total. The summed E-state index contributed by atoms with van der Waals surface area (Å²) in [4.78, 5) is 28.3. The average Bonchev–Trinajstić information content (AvgIpc) is 3.20. The fourth-order valence-corrected chi connectivity index (χ4v) is 4.26. The quantitative estimate of drug-likeness (QED) is 0.384. The number of carbonyl (C=O) groups excluding carboxylic acids is 2. The SMILES string of the molecule is C[C@H](Sc1ncc(-c2ccc(-c3ccccc3)cc2)n1C)C(=O)Nc1ccc(C(N)=O)cc1. The van der Waals surface area contributed by atoms with Crippen LogP contribution in [0, 0.1) is 0 Å². The number of thioether (sulfide) groups is 1. The second-order valence-corrected chi connectivity index (χ2v) is 8.93. The third kappa shape index (κ3) is 5.15. The fourth-order valence-electron chi connectivity index (χ4n) is 3.41. The number of carbonyl (C=O) groups is 2. The summed E-state index contributed by atoms with van der Waals surface area (Å²) in [6.07, 6.45) is 1.83. The zero-order chi connectivity index (χ0) is 23.4. The van der Waals surface area contributed by atoms with Crippen LogP contribution in [-0.4, -0.2) is 26.6 Å². The molecule has 0 radical (unpaired) electrons.